The van der Waals surface area contributed by atoms with Crippen LogP contribution in [-0.2, 0) is 37.0 Å². The number of thiophene rings is 2. The molecule has 2 aliphatic carbocycles. The lowest BCUT2D eigenvalue weighted by Gasteiger charge is -2.17. The van der Waals surface area contributed by atoms with Gasteiger partial charge in [0, 0.05) is 9.75 Å². The van der Waals surface area contributed by atoms with Gasteiger partial charge >= 0.3 is 0 Å². The van der Waals surface area contributed by atoms with Crippen LogP contribution in [0.15, 0.2) is 4.79 Å². The highest BCUT2D eigenvalue weighted by molar-refractivity contribution is 7.18. The Balaban J connectivity index is 1.42. The van der Waals surface area contributed by atoms with Gasteiger partial charge in [-0.2, -0.15) is 5.26 Å². The molecule has 0 saturated carbocycles. The van der Waals surface area contributed by atoms with Crippen LogP contribution < -0.4 is 10.9 Å². The molecule has 1 atom stereocenters. The van der Waals surface area contributed by atoms with Crippen molar-refractivity contribution in [3.8, 4) is 6.07 Å². The number of anilines is 1. The van der Waals surface area contributed by atoms with Gasteiger partial charge in [-0.25, -0.2) is 4.68 Å². The lowest BCUT2D eigenvalue weighted by Crippen LogP contribution is -2.30. The minimum absolute atomic E-state index is 0.212. The van der Waals surface area contributed by atoms with E-state index in [0.717, 1.165) is 54.3 Å². The molecule has 3 aromatic rings. The van der Waals surface area contributed by atoms with Gasteiger partial charge in [-0.1, -0.05) is 12.1 Å². The monoisotopic (exact) mass is 425 g/mol. The minimum atomic E-state index is -0.366. The van der Waals surface area contributed by atoms with Crippen LogP contribution >= 0.6 is 22.7 Å². The maximum absolute atomic E-state index is 13.0. The van der Waals surface area contributed by atoms with Crippen LogP contribution in [0.4, 0.5) is 5.00 Å². The van der Waals surface area contributed by atoms with E-state index in [1.807, 2.05) is 0 Å². The van der Waals surface area contributed by atoms with Crippen LogP contribution in [0, 0.1) is 17.2 Å². The van der Waals surface area contributed by atoms with E-state index in [2.05, 4.69) is 28.6 Å². The first-order chi connectivity index (χ1) is 14.0. The number of hydrogen-bond acceptors (Lipinski definition) is 7. The summed E-state index contributed by atoms with van der Waals surface area (Å²) >= 11 is 3.01. The van der Waals surface area contributed by atoms with Crippen molar-refractivity contribution in [3.05, 3.63) is 36.8 Å². The van der Waals surface area contributed by atoms with Gasteiger partial charge in [-0.15, -0.1) is 27.8 Å². The zero-order chi connectivity index (χ0) is 20.1. The van der Waals surface area contributed by atoms with Crippen LogP contribution in [0.1, 0.15) is 46.2 Å². The van der Waals surface area contributed by atoms with E-state index < -0.39 is 0 Å². The highest BCUT2D eigenvalue weighted by Crippen LogP contribution is 2.38. The van der Waals surface area contributed by atoms with Gasteiger partial charge in [0.05, 0.1) is 10.9 Å². The zero-order valence-electron chi connectivity index (χ0n) is 15.9. The summed E-state index contributed by atoms with van der Waals surface area (Å²) < 4.78 is 1.13. The number of aromatic nitrogens is 3. The van der Waals surface area contributed by atoms with Crippen LogP contribution in [0.2, 0.25) is 0 Å². The van der Waals surface area contributed by atoms with Crippen LogP contribution in [0.25, 0.3) is 10.2 Å². The number of carbonyl (C=O) groups is 1. The lowest BCUT2D eigenvalue weighted by molar-refractivity contribution is -0.117. The molecule has 9 heteroatoms. The Morgan fingerprint density at radius 1 is 1.28 bits per heavy atom. The molecule has 0 fully saturated rings. The summed E-state index contributed by atoms with van der Waals surface area (Å²) in [4.78, 5) is 28.7. The Labute approximate surface area is 175 Å². The van der Waals surface area contributed by atoms with Crippen molar-refractivity contribution in [3.63, 3.8) is 0 Å². The van der Waals surface area contributed by atoms with Crippen LogP contribution in [0.3, 0.4) is 0 Å². The van der Waals surface area contributed by atoms with E-state index in [-0.39, 0.29) is 18.0 Å². The topological polar surface area (TPSA) is 101 Å². The first-order valence-electron chi connectivity index (χ1n) is 9.77. The Hall–Kier alpha value is -2.57. The van der Waals surface area contributed by atoms with E-state index in [9.17, 15) is 14.9 Å². The zero-order valence-corrected chi connectivity index (χ0v) is 17.6. The Morgan fingerprint density at radius 2 is 2.14 bits per heavy atom. The highest BCUT2D eigenvalue weighted by Gasteiger charge is 2.25. The Bertz CT molecular complexity index is 1250. The second kappa shape index (κ2) is 7.04. The normalized spacial score (nSPS) is 17.7. The smallest absolute Gasteiger partial charge is 0.279 e. The SMILES string of the molecule is C[C@@H]1CCc2c(sc3nnn(CC(=O)Nc4sc5c(c4C#N)CCC5)c(=O)c23)C1. The number of amides is 1. The molecule has 1 N–H and O–H groups in total. The van der Waals surface area contributed by atoms with Crippen LogP contribution in [-0.4, -0.2) is 20.9 Å². The largest absolute Gasteiger partial charge is 0.315 e. The third kappa shape index (κ3) is 3.07. The van der Waals surface area contributed by atoms with Gasteiger partial charge in [0.25, 0.3) is 5.56 Å². The molecule has 29 heavy (non-hydrogen) atoms. The molecule has 0 radical (unpaired) electrons. The molecule has 0 aromatic carbocycles. The first kappa shape index (κ1) is 18.5. The third-order valence-corrected chi connectivity index (χ3v) is 8.11. The fourth-order valence-electron chi connectivity index (χ4n) is 4.31. The van der Waals surface area contributed by atoms with Crippen molar-refractivity contribution in [2.45, 2.75) is 52.0 Å². The van der Waals surface area contributed by atoms with Gasteiger partial charge in [0.1, 0.15) is 17.6 Å². The minimum Gasteiger partial charge on any atom is -0.315 e. The standard InChI is InChI=1S/C20H19N5O2S2/c1-10-5-6-12-15(7-10)29-19-17(12)20(27)25(24-23-19)9-16(26)22-18-13(8-21)11-3-2-4-14(11)28-18/h10H,2-7,9H2,1H3,(H,22,26)/t10-/m1/s1. The maximum Gasteiger partial charge on any atom is 0.279 e. The van der Waals surface area contributed by atoms with Gasteiger partial charge in [-0.05, 0) is 55.6 Å². The number of hydrogen-bond donors (Lipinski definition) is 1. The number of rotatable bonds is 3. The quantitative estimate of drug-likeness (QED) is 0.695. The van der Waals surface area contributed by atoms with Gasteiger partial charge in [-0.3, -0.25) is 9.59 Å². The summed E-state index contributed by atoms with van der Waals surface area (Å²) in [6, 6.07) is 2.22. The predicted octanol–water partition coefficient (Wildman–Crippen LogP) is 3.04. The molecule has 1 amide bonds. The summed E-state index contributed by atoms with van der Waals surface area (Å²) in [7, 11) is 0. The maximum atomic E-state index is 13.0. The third-order valence-electron chi connectivity index (χ3n) is 5.76. The average Bonchev–Trinajstić information content (AvgIpc) is 3.36. The van der Waals surface area contributed by atoms with E-state index in [1.165, 1.54) is 21.1 Å². The highest BCUT2D eigenvalue weighted by atomic mass is 32.1. The second-order valence-corrected chi connectivity index (χ2v) is 9.99. The van der Waals surface area contributed by atoms with Crippen molar-refractivity contribution < 1.29 is 4.79 Å². The Morgan fingerprint density at radius 3 is 2.97 bits per heavy atom. The molecular formula is C20H19N5O2S2. The van der Waals surface area contributed by atoms with Crippen molar-refractivity contribution in [2.75, 3.05) is 5.32 Å². The molecule has 3 heterocycles. The van der Waals surface area contributed by atoms with Crippen molar-refractivity contribution in [1.29, 1.82) is 5.26 Å². The number of carbonyl (C=O) groups excluding carboxylic acids is 1. The van der Waals surface area contributed by atoms with Crippen LogP contribution in [0.5, 0.6) is 0 Å². The van der Waals surface area contributed by atoms with Gasteiger partial charge in [0.15, 0.2) is 4.83 Å². The van der Waals surface area contributed by atoms with E-state index >= 15 is 0 Å². The van der Waals surface area contributed by atoms with Crippen molar-refractivity contribution >= 4 is 43.8 Å². The van der Waals surface area contributed by atoms with Gasteiger partial charge < -0.3 is 5.32 Å². The van der Waals surface area contributed by atoms with E-state index in [1.54, 1.807) is 11.3 Å². The molecule has 148 valence electrons. The predicted molar refractivity (Wildman–Crippen MR) is 113 cm³/mol. The molecule has 5 rings (SSSR count). The molecule has 0 unspecified atom stereocenters. The molecule has 0 aliphatic heterocycles. The molecule has 0 spiro atoms. The average molecular weight is 426 g/mol. The molecule has 2 aliphatic rings. The van der Waals surface area contributed by atoms with Crippen molar-refractivity contribution in [1.82, 2.24) is 15.0 Å². The molecular weight excluding hydrogens is 406 g/mol. The number of fused-ring (bicyclic) bond motifs is 4. The molecule has 7 nitrogen and oxygen atoms in total. The summed E-state index contributed by atoms with van der Waals surface area (Å²) in [6.45, 7) is 2.01. The molecule has 0 bridgehead atoms. The number of nitrogens with one attached hydrogen (secondary N) is 1. The fourth-order valence-corrected chi connectivity index (χ4v) is 6.88. The lowest BCUT2D eigenvalue weighted by atomic mass is 9.89. The summed E-state index contributed by atoms with van der Waals surface area (Å²) in [5.41, 5.74) is 2.45. The molecule has 3 aromatic heterocycles. The van der Waals surface area contributed by atoms with Gasteiger partial charge in [0.2, 0.25) is 5.91 Å². The Kier molecular flexibility index (Phi) is 4.48. The fraction of sp³-hybridized carbons (Fsp3) is 0.450. The summed E-state index contributed by atoms with van der Waals surface area (Å²) in [5.74, 6) is 0.244. The first-order valence-corrected chi connectivity index (χ1v) is 11.4. The van der Waals surface area contributed by atoms with Crippen molar-refractivity contribution in [2.24, 2.45) is 5.92 Å². The summed E-state index contributed by atoms with van der Waals surface area (Å²) in [5, 5.41) is 21.7. The summed E-state index contributed by atoms with van der Waals surface area (Å²) in [6.07, 6.45) is 5.79. The molecule has 0 saturated heterocycles. The van der Waals surface area contributed by atoms with E-state index in [0.29, 0.717) is 26.7 Å². The van der Waals surface area contributed by atoms with E-state index in [4.69, 9.17) is 0 Å². The number of aryl methyl sites for hydroxylation is 2. The number of nitrogens with zero attached hydrogens (tertiary/aromatic N) is 4. The second-order valence-electron chi connectivity index (χ2n) is 7.81. The number of nitriles is 1.